The third-order valence-electron chi connectivity index (χ3n) is 6.97. The first-order valence-electron chi connectivity index (χ1n) is 11.0. The lowest BCUT2D eigenvalue weighted by Gasteiger charge is -2.31. The van der Waals surface area contributed by atoms with Crippen LogP contribution in [0.5, 0.6) is 0 Å². The van der Waals surface area contributed by atoms with Crippen LogP contribution in [0.25, 0.3) is 0 Å². The minimum atomic E-state index is -3.86. The minimum Gasteiger partial charge on any atom is -0.468 e. The highest BCUT2D eigenvalue weighted by Gasteiger charge is 2.67. The normalized spacial score (nSPS) is 27.9. The van der Waals surface area contributed by atoms with Crippen LogP contribution in [-0.2, 0) is 34.6 Å². The van der Waals surface area contributed by atoms with Crippen molar-refractivity contribution in [1.29, 1.82) is 0 Å². The van der Waals surface area contributed by atoms with Gasteiger partial charge in [-0.1, -0.05) is 39.8 Å². The van der Waals surface area contributed by atoms with E-state index in [0.29, 0.717) is 0 Å². The van der Waals surface area contributed by atoms with Gasteiger partial charge in [0.15, 0.2) is 0 Å². The average Bonchev–Trinajstić information content (AvgIpc) is 3.22. The second-order valence-corrected chi connectivity index (χ2v) is 11.9. The van der Waals surface area contributed by atoms with Gasteiger partial charge in [0.05, 0.1) is 23.8 Å². The second kappa shape index (κ2) is 8.48. The molecule has 1 N–H and O–H groups in total. The average molecular weight is 480 g/mol. The Labute approximate surface area is 195 Å². The quantitative estimate of drug-likeness (QED) is 0.481. The topological polar surface area (TPSA) is 113 Å². The van der Waals surface area contributed by atoms with Crippen molar-refractivity contribution in [2.75, 3.05) is 27.7 Å². The Morgan fingerprint density at radius 1 is 1.18 bits per heavy atom. The molecule has 182 valence electrons. The summed E-state index contributed by atoms with van der Waals surface area (Å²) in [7, 11) is 0.177. The highest BCUT2D eigenvalue weighted by atomic mass is 32.2. The molecule has 0 spiro atoms. The third kappa shape index (κ3) is 3.98. The number of imide groups is 1. The molecule has 2 saturated heterocycles. The number of hydrogen-bond acceptors (Lipinski definition) is 7. The van der Waals surface area contributed by atoms with Crippen LogP contribution in [0.4, 0.5) is 0 Å². The van der Waals surface area contributed by atoms with E-state index in [0.717, 1.165) is 14.8 Å². The molecular weight excluding hydrogens is 446 g/mol. The highest BCUT2D eigenvalue weighted by Crippen LogP contribution is 2.45. The number of ether oxygens (including phenoxy) is 1. The maximum atomic E-state index is 13.2. The van der Waals surface area contributed by atoms with Crippen LogP contribution in [0, 0.1) is 11.8 Å². The monoisotopic (exact) mass is 479 g/mol. The van der Waals surface area contributed by atoms with Gasteiger partial charge in [-0.3, -0.25) is 24.6 Å². The summed E-state index contributed by atoms with van der Waals surface area (Å²) in [5.74, 6) is -3.33. The van der Waals surface area contributed by atoms with Crippen LogP contribution >= 0.6 is 0 Å². The van der Waals surface area contributed by atoms with E-state index in [1.807, 2.05) is 20.8 Å². The number of likely N-dealkylation sites (N-methyl/N-ethyl adjacent to an activating group) is 1. The van der Waals surface area contributed by atoms with Gasteiger partial charge in [0.2, 0.25) is 21.8 Å². The number of esters is 1. The van der Waals surface area contributed by atoms with Crippen molar-refractivity contribution in [1.82, 2.24) is 14.5 Å². The molecule has 9 nitrogen and oxygen atoms in total. The van der Waals surface area contributed by atoms with Crippen molar-refractivity contribution in [2.24, 2.45) is 11.8 Å². The number of carbonyl (C=O) groups is 3. The van der Waals surface area contributed by atoms with E-state index < -0.39 is 51.2 Å². The number of benzene rings is 1. The number of carbonyl (C=O) groups excluding carboxylic acids is 3. The van der Waals surface area contributed by atoms with Crippen molar-refractivity contribution < 1.29 is 27.5 Å². The molecule has 2 amide bonds. The van der Waals surface area contributed by atoms with E-state index in [1.165, 1.54) is 21.2 Å². The van der Waals surface area contributed by atoms with E-state index in [9.17, 15) is 22.8 Å². The van der Waals surface area contributed by atoms with Crippen LogP contribution in [0.3, 0.4) is 0 Å². The molecule has 0 aromatic heterocycles. The van der Waals surface area contributed by atoms with Crippen molar-refractivity contribution in [2.45, 2.75) is 56.0 Å². The fourth-order valence-electron chi connectivity index (χ4n) is 4.94. The number of hydrogen-bond donors (Lipinski definition) is 1. The van der Waals surface area contributed by atoms with Crippen molar-refractivity contribution >= 4 is 27.8 Å². The summed E-state index contributed by atoms with van der Waals surface area (Å²) < 4.78 is 32.6. The largest absolute Gasteiger partial charge is 0.468 e. The molecular formula is C23H33N3O6S. The molecule has 33 heavy (non-hydrogen) atoms. The summed E-state index contributed by atoms with van der Waals surface area (Å²) in [6, 6.07) is 5.99. The van der Waals surface area contributed by atoms with Crippen molar-refractivity contribution in [3.8, 4) is 0 Å². The van der Waals surface area contributed by atoms with Crippen molar-refractivity contribution in [3.05, 3.63) is 29.8 Å². The number of amides is 2. The van der Waals surface area contributed by atoms with Gasteiger partial charge < -0.3 is 4.74 Å². The first kappa shape index (κ1) is 25.3. The summed E-state index contributed by atoms with van der Waals surface area (Å²) in [4.78, 5) is 39.7. The number of sulfonamides is 1. The third-order valence-corrected chi connectivity index (χ3v) is 8.81. The predicted octanol–water partition coefficient (Wildman–Crippen LogP) is 1.13. The first-order valence-corrected chi connectivity index (χ1v) is 12.4. The Kier molecular flexibility index (Phi) is 6.51. The molecule has 0 unspecified atom stereocenters. The zero-order valence-corrected chi connectivity index (χ0v) is 21.0. The fourth-order valence-corrected chi connectivity index (χ4v) is 6.14. The smallest absolute Gasteiger partial charge is 0.326 e. The molecule has 1 aromatic carbocycles. The Morgan fingerprint density at radius 3 is 2.24 bits per heavy atom. The zero-order valence-electron chi connectivity index (χ0n) is 20.2. The maximum Gasteiger partial charge on any atom is 0.326 e. The number of likely N-dealkylation sites (tertiary alicyclic amines) is 1. The summed E-state index contributed by atoms with van der Waals surface area (Å²) in [6.45, 7) is 7.78. The lowest BCUT2D eigenvalue weighted by molar-refractivity contribution is -0.154. The van der Waals surface area contributed by atoms with Crippen LogP contribution in [0.2, 0.25) is 0 Å². The Bertz CT molecular complexity index is 1060. The summed E-state index contributed by atoms with van der Waals surface area (Å²) in [5.41, 5.74) is -0.496. The highest BCUT2D eigenvalue weighted by molar-refractivity contribution is 7.89. The molecule has 2 aliphatic heterocycles. The van der Waals surface area contributed by atoms with E-state index in [-0.39, 0.29) is 23.3 Å². The summed E-state index contributed by atoms with van der Waals surface area (Å²) >= 11 is 0. The molecule has 0 bridgehead atoms. The van der Waals surface area contributed by atoms with E-state index in [1.54, 1.807) is 31.2 Å². The SMILES string of the molecule is CC[C@@]1(C(=O)OC)N[C@H](CN(C)S(=O)(=O)c2ccc(C(C)(C)C)cc2)[C@@H]2C(=O)N(C)C(=O)[C@@H]21. The van der Waals surface area contributed by atoms with Gasteiger partial charge in [0, 0.05) is 26.7 Å². The summed E-state index contributed by atoms with van der Waals surface area (Å²) in [6.07, 6.45) is 0.217. The number of nitrogens with one attached hydrogen (secondary N) is 1. The van der Waals surface area contributed by atoms with E-state index >= 15 is 0 Å². The second-order valence-electron chi connectivity index (χ2n) is 9.87. The predicted molar refractivity (Wildman–Crippen MR) is 122 cm³/mol. The Hall–Kier alpha value is -2.30. The Morgan fingerprint density at radius 2 is 1.76 bits per heavy atom. The van der Waals surface area contributed by atoms with Crippen molar-refractivity contribution in [3.63, 3.8) is 0 Å². The van der Waals surface area contributed by atoms with Gasteiger partial charge in [0.1, 0.15) is 5.54 Å². The Balaban J connectivity index is 1.92. The molecule has 2 fully saturated rings. The van der Waals surface area contributed by atoms with Gasteiger partial charge in [0.25, 0.3) is 0 Å². The van der Waals surface area contributed by atoms with Gasteiger partial charge in [-0.15, -0.1) is 0 Å². The van der Waals surface area contributed by atoms with E-state index in [2.05, 4.69) is 5.32 Å². The number of rotatable bonds is 6. The molecule has 1 aromatic rings. The van der Waals surface area contributed by atoms with Gasteiger partial charge >= 0.3 is 5.97 Å². The van der Waals surface area contributed by atoms with Crippen LogP contribution in [0.1, 0.15) is 39.7 Å². The van der Waals surface area contributed by atoms with Crippen LogP contribution in [-0.4, -0.2) is 74.7 Å². The molecule has 10 heteroatoms. The summed E-state index contributed by atoms with van der Waals surface area (Å²) in [5, 5.41) is 3.12. The molecule has 0 radical (unpaired) electrons. The molecule has 3 rings (SSSR count). The fraction of sp³-hybridized carbons (Fsp3) is 0.609. The molecule has 4 atom stereocenters. The van der Waals surface area contributed by atoms with E-state index in [4.69, 9.17) is 4.74 Å². The maximum absolute atomic E-state index is 13.2. The van der Waals surface area contributed by atoms with Gasteiger partial charge in [-0.2, -0.15) is 4.31 Å². The number of methoxy groups -OCH3 is 1. The first-order chi connectivity index (χ1) is 15.2. The molecule has 2 aliphatic rings. The molecule has 0 saturated carbocycles. The van der Waals surface area contributed by atoms with Crippen LogP contribution < -0.4 is 5.32 Å². The van der Waals surface area contributed by atoms with Gasteiger partial charge in [-0.05, 0) is 29.5 Å². The number of fused-ring (bicyclic) bond motifs is 1. The van der Waals surface area contributed by atoms with Crippen LogP contribution in [0.15, 0.2) is 29.2 Å². The standard InChI is InChI=1S/C23H33N3O6S/c1-8-23(21(29)32-7)18-17(19(27)26(6)20(18)28)16(24-23)13-25(5)33(30,31)15-11-9-14(10-12-15)22(2,3)4/h9-12,16-18,24H,8,13H2,1-7H3/t16-,17+,18-,23-/m1/s1. The zero-order chi connectivity index (χ0) is 24.9. The lowest BCUT2D eigenvalue weighted by Crippen LogP contribution is -2.57. The molecule has 0 aliphatic carbocycles. The lowest BCUT2D eigenvalue weighted by atomic mass is 9.78. The number of nitrogens with zero attached hydrogens (tertiary/aromatic N) is 2. The minimum absolute atomic E-state index is 0.0872. The van der Waals surface area contributed by atoms with Gasteiger partial charge in [-0.25, -0.2) is 8.42 Å². The molecule has 2 heterocycles.